The van der Waals surface area contributed by atoms with E-state index in [1.54, 1.807) is 18.6 Å². The normalized spacial score (nSPS) is 28.1. The first-order valence-corrected chi connectivity index (χ1v) is 9.03. The number of fused-ring (bicyclic) bond motifs is 1. The largest absolute Gasteiger partial charge is 0.456 e. The van der Waals surface area contributed by atoms with Crippen LogP contribution >= 0.6 is 0 Å². The highest BCUT2D eigenvalue weighted by atomic mass is 16.5. The Morgan fingerprint density at radius 2 is 2.00 bits per heavy atom. The standard InChI is InChI=1S/C19H23N5O2/c20-9-18-17-8-12(1-2-16(17)19(25)24-23-18)13-7-15(11-22-10-13)26-14-3-5-21-6-4-14/h3-7,10-12,16-18,23H,1-2,8-9,20H2,(H,24,25). The Hall–Kier alpha value is -2.51. The monoisotopic (exact) mass is 353 g/mol. The van der Waals surface area contributed by atoms with Crippen molar-refractivity contribution >= 4 is 5.91 Å². The van der Waals surface area contributed by atoms with Gasteiger partial charge in [0.1, 0.15) is 11.5 Å². The van der Waals surface area contributed by atoms with Crippen LogP contribution in [-0.2, 0) is 4.79 Å². The van der Waals surface area contributed by atoms with E-state index in [1.807, 2.05) is 24.4 Å². The minimum absolute atomic E-state index is 0.0465. The lowest BCUT2D eigenvalue weighted by Gasteiger charge is -2.43. The number of hydrogen-bond acceptors (Lipinski definition) is 6. The summed E-state index contributed by atoms with van der Waals surface area (Å²) >= 11 is 0. The van der Waals surface area contributed by atoms with E-state index in [4.69, 9.17) is 10.5 Å². The number of pyridine rings is 2. The molecule has 1 saturated heterocycles. The van der Waals surface area contributed by atoms with Crippen LogP contribution in [0.4, 0.5) is 0 Å². The number of nitrogens with one attached hydrogen (secondary N) is 2. The van der Waals surface area contributed by atoms with Gasteiger partial charge in [-0.05, 0) is 54.9 Å². The maximum atomic E-state index is 12.1. The Labute approximate surface area is 152 Å². The van der Waals surface area contributed by atoms with Gasteiger partial charge in [0, 0.05) is 37.1 Å². The first kappa shape index (κ1) is 16.9. The zero-order valence-electron chi connectivity index (χ0n) is 14.5. The van der Waals surface area contributed by atoms with Crippen molar-refractivity contribution in [1.82, 2.24) is 20.8 Å². The Balaban J connectivity index is 1.51. The van der Waals surface area contributed by atoms with E-state index in [0.717, 1.165) is 30.6 Å². The first-order chi connectivity index (χ1) is 12.7. The van der Waals surface area contributed by atoms with Crippen LogP contribution < -0.4 is 21.3 Å². The fourth-order valence-electron chi connectivity index (χ4n) is 4.13. The van der Waals surface area contributed by atoms with Crippen molar-refractivity contribution < 1.29 is 9.53 Å². The van der Waals surface area contributed by atoms with Gasteiger partial charge in [0.15, 0.2) is 0 Å². The molecule has 1 saturated carbocycles. The molecule has 4 atom stereocenters. The van der Waals surface area contributed by atoms with Gasteiger partial charge >= 0.3 is 0 Å². The molecule has 4 N–H and O–H groups in total. The zero-order chi connectivity index (χ0) is 17.9. The van der Waals surface area contributed by atoms with E-state index < -0.39 is 0 Å². The Bertz CT molecular complexity index is 770. The molecule has 1 aliphatic heterocycles. The van der Waals surface area contributed by atoms with Crippen molar-refractivity contribution in [1.29, 1.82) is 0 Å². The molecule has 7 heteroatoms. The van der Waals surface area contributed by atoms with E-state index in [0.29, 0.717) is 18.2 Å². The van der Waals surface area contributed by atoms with E-state index in [2.05, 4.69) is 20.8 Å². The lowest BCUT2D eigenvalue weighted by atomic mass is 9.68. The Morgan fingerprint density at radius 3 is 2.81 bits per heavy atom. The molecule has 4 unspecified atom stereocenters. The summed E-state index contributed by atoms with van der Waals surface area (Å²) in [5.74, 6) is 2.18. The van der Waals surface area contributed by atoms with Gasteiger partial charge < -0.3 is 10.5 Å². The number of ether oxygens (including phenoxy) is 1. The predicted octanol–water partition coefficient (Wildman–Crippen LogP) is 1.73. The third-order valence-electron chi connectivity index (χ3n) is 5.48. The summed E-state index contributed by atoms with van der Waals surface area (Å²) in [4.78, 5) is 20.5. The SMILES string of the molecule is NCC1NNC(=O)C2CCC(c3cncc(Oc4ccncc4)c3)CC12. The number of hydrazine groups is 1. The van der Waals surface area contributed by atoms with E-state index in [9.17, 15) is 4.79 Å². The van der Waals surface area contributed by atoms with Crippen molar-refractivity contribution in [2.45, 2.75) is 31.2 Å². The number of carbonyl (C=O) groups excluding carboxylic acids is 1. The molecule has 0 radical (unpaired) electrons. The smallest absolute Gasteiger partial charge is 0.237 e. The fourth-order valence-corrected chi connectivity index (χ4v) is 4.13. The van der Waals surface area contributed by atoms with Crippen molar-refractivity contribution in [2.24, 2.45) is 17.6 Å². The average molecular weight is 353 g/mol. The Morgan fingerprint density at radius 1 is 1.15 bits per heavy atom. The summed E-state index contributed by atoms with van der Waals surface area (Å²) in [5, 5.41) is 0. The van der Waals surface area contributed by atoms with Gasteiger partial charge in [-0.1, -0.05) is 0 Å². The van der Waals surface area contributed by atoms with Gasteiger partial charge in [-0.2, -0.15) is 0 Å². The van der Waals surface area contributed by atoms with Crippen molar-refractivity contribution in [3.05, 3.63) is 48.5 Å². The van der Waals surface area contributed by atoms with Crippen LogP contribution in [0.3, 0.4) is 0 Å². The number of rotatable bonds is 4. The topological polar surface area (TPSA) is 102 Å². The van der Waals surface area contributed by atoms with Crippen LogP contribution in [0.2, 0.25) is 0 Å². The highest BCUT2D eigenvalue weighted by Crippen LogP contribution is 2.42. The van der Waals surface area contributed by atoms with Crippen molar-refractivity contribution in [3.8, 4) is 11.5 Å². The van der Waals surface area contributed by atoms with Crippen molar-refractivity contribution in [3.63, 3.8) is 0 Å². The molecule has 2 aromatic heterocycles. The number of aromatic nitrogens is 2. The molecule has 1 amide bonds. The van der Waals surface area contributed by atoms with Crippen LogP contribution in [0.1, 0.15) is 30.7 Å². The van der Waals surface area contributed by atoms with Gasteiger partial charge in [-0.25, -0.2) is 5.43 Å². The maximum Gasteiger partial charge on any atom is 0.237 e. The fraction of sp³-hybridized carbons (Fsp3) is 0.421. The molecule has 0 aromatic carbocycles. The van der Waals surface area contributed by atoms with Gasteiger partial charge in [0.05, 0.1) is 6.20 Å². The van der Waals surface area contributed by atoms with Gasteiger partial charge in [-0.15, -0.1) is 0 Å². The van der Waals surface area contributed by atoms with Crippen LogP contribution in [-0.4, -0.2) is 28.5 Å². The molecule has 2 fully saturated rings. The predicted molar refractivity (Wildman–Crippen MR) is 96.2 cm³/mol. The number of nitrogens with two attached hydrogens (primary N) is 1. The summed E-state index contributed by atoms with van der Waals surface area (Å²) < 4.78 is 5.88. The molecule has 26 heavy (non-hydrogen) atoms. The van der Waals surface area contributed by atoms with Gasteiger partial charge in [0.2, 0.25) is 5.91 Å². The molecule has 7 nitrogen and oxygen atoms in total. The third-order valence-corrected chi connectivity index (χ3v) is 5.48. The molecule has 1 aliphatic carbocycles. The van der Waals surface area contributed by atoms with Crippen LogP contribution in [0.25, 0.3) is 0 Å². The lowest BCUT2D eigenvalue weighted by molar-refractivity contribution is -0.133. The maximum absolute atomic E-state index is 12.1. The summed E-state index contributed by atoms with van der Waals surface area (Å²) in [7, 11) is 0. The highest BCUT2D eigenvalue weighted by Gasteiger charge is 2.42. The second kappa shape index (κ2) is 7.39. The molecule has 2 aromatic rings. The van der Waals surface area contributed by atoms with Crippen LogP contribution in [0.15, 0.2) is 43.0 Å². The first-order valence-electron chi connectivity index (χ1n) is 9.03. The second-order valence-corrected chi connectivity index (χ2v) is 7.00. The number of nitrogens with zero attached hydrogens (tertiary/aromatic N) is 2. The van der Waals surface area contributed by atoms with Crippen LogP contribution in [0.5, 0.6) is 11.5 Å². The molecule has 4 rings (SSSR count). The molecule has 136 valence electrons. The third kappa shape index (κ3) is 3.40. The molecule has 3 heterocycles. The highest BCUT2D eigenvalue weighted by molar-refractivity contribution is 5.79. The second-order valence-electron chi connectivity index (χ2n) is 7.00. The number of carbonyl (C=O) groups is 1. The summed E-state index contributed by atoms with van der Waals surface area (Å²) in [5.41, 5.74) is 12.9. The van der Waals surface area contributed by atoms with Gasteiger partial charge in [-0.3, -0.25) is 20.2 Å². The van der Waals surface area contributed by atoms with Crippen LogP contribution in [0, 0.1) is 11.8 Å². The number of amides is 1. The van der Waals surface area contributed by atoms with Crippen molar-refractivity contribution in [2.75, 3.05) is 6.54 Å². The summed E-state index contributed by atoms with van der Waals surface area (Å²) in [6.45, 7) is 0.512. The summed E-state index contributed by atoms with van der Waals surface area (Å²) in [6.07, 6.45) is 9.77. The van der Waals surface area contributed by atoms with E-state index in [-0.39, 0.29) is 23.8 Å². The lowest BCUT2D eigenvalue weighted by Crippen LogP contribution is -2.62. The zero-order valence-corrected chi connectivity index (χ0v) is 14.5. The quantitative estimate of drug-likeness (QED) is 0.774. The Kier molecular flexibility index (Phi) is 4.81. The minimum Gasteiger partial charge on any atom is -0.456 e. The molecule has 0 bridgehead atoms. The molecule has 0 spiro atoms. The average Bonchev–Trinajstić information content (AvgIpc) is 2.69. The number of hydrogen-bond donors (Lipinski definition) is 3. The minimum atomic E-state index is 0.0465. The molecular formula is C19H23N5O2. The van der Waals surface area contributed by atoms with E-state index >= 15 is 0 Å². The van der Waals surface area contributed by atoms with Gasteiger partial charge in [0.25, 0.3) is 0 Å². The molecule has 2 aliphatic rings. The molecular weight excluding hydrogens is 330 g/mol. The van der Waals surface area contributed by atoms with E-state index in [1.165, 1.54) is 0 Å². The summed E-state index contributed by atoms with van der Waals surface area (Å²) in [6, 6.07) is 5.79.